The van der Waals surface area contributed by atoms with Gasteiger partial charge in [0.1, 0.15) is 0 Å². The highest BCUT2D eigenvalue weighted by Gasteiger charge is 2.24. The van der Waals surface area contributed by atoms with Crippen LogP contribution in [0, 0.1) is 20.2 Å². The second-order valence-electron chi connectivity index (χ2n) is 3.53. The molecule has 0 saturated carbocycles. The second-order valence-corrected chi connectivity index (χ2v) is 3.53. The van der Waals surface area contributed by atoms with E-state index in [9.17, 15) is 25.0 Å². The first kappa shape index (κ1) is 13.5. The lowest BCUT2D eigenvalue weighted by atomic mass is 10.0. The Morgan fingerprint density at radius 3 is 2.33 bits per heavy atom. The van der Waals surface area contributed by atoms with Gasteiger partial charge in [-0.3, -0.25) is 25.0 Å². The largest absolute Gasteiger partial charge is 0.370 e. The minimum absolute atomic E-state index is 0.0319. The van der Waals surface area contributed by atoms with Crippen molar-refractivity contribution in [2.45, 2.75) is 12.5 Å². The number of non-ortho nitro benzene ring substituents is 1. The molecule has 1 aromatic carbocycles. The van der Waals surface area contributed by atoms with Crippen LogP contribution in [-0.2, 0) is 4.79 Å². The lowest BCUT2D eigenvalue weighted by Gasteiger charge is -2.09. The van der Waals surface area contributed by atoms with Crippen molar-refractivity contribution in [1.82, 2.24) is 0 Å². The standard InChI is InChI=1S/C9H10N4O5/c10-7(4-9(11)14)6-2-1-5(12(15)16)3-8(6)13(17)18/h1-3,7H,4,10H2,(H2,11,14). The molecule has 0 aromatic heterocycles. The van der Waals surface area contributed by atoms with Crippen LogP contribution in [0.5, 0.6) is 0 Å². The Morgan fingerprint density at radius 1 is 1.28 bits per heavy atom. The number of hydrogen-bond acceptors (Lipinski definition) is 6. The Hall–Kier alpha value is -2.55. The van der Waals surface area contributed by atoms with Gasteiger partial charge in [-0.15, -0.1) is 0 Å². The van der Waals surface area contributed by atoms with E-state index in [1.165, 1.54) is 0 Å². The van der Waals surface area contributed by atoms with Gasteiger partial charge in [0.05, 0.1) is 15.9 Å². The zero-order chi connectivity index (χ0) is 13.9. The van der Waals surface area contributed by atoms with E-state index < -0.39 is 33.2 Å². The SMILES string of the molecule is NC(=O)CC(N)c1ccc([N+](=O)[O-])cc1[N+](=O)[O-]. The zero-order valence-corrected chi connectivity index (χ0v) is 9.11. The summed E-state index contributed by atoms with van der Waals surface area (Å²) in [6.07, 6.45) is -0.279. The Labute approximate surface area is 101 Å². The minimum Gasteiger partial charge on any atom is -0.370 e. The lowest BCUT2D eigenvalue weighted by molar-refractivity contribution is -0.394. The van der Waals surface area contributed by atoms with Crippen LogP contribution >= 0.6 is 0 Å². The highest BCUT2D eigenvalue weighted by Crippen LogP contribution is 2.29. The highest BCUT2D eigenvalue weighted by atomic mass is 16.6. The van der Waals surface area contributed by atoms with E-state index in [1.807, 2.05) is 0 Å². The molecule has 0 radical (unpaired) electrons. The quantitative estimate of drug-likeness (QED) is 0.571. The number of amides is 1. The normalized spacial score (nSPS) is 11.8. The molecule has 0 spiro atoms. The molecule has 1 aromatic rings. The zero-order valence-electron chi connectivity index (χ0n) is 9.11. The smallest absolute Gasteiger partial charge is 0.281 e. The number of carbonyl (C=O) groups is 1. The van der Waals surface area contributed by atoms with Crippen molar-refractivity contribution in [3.8, 4) is 0 Å². The number of benzene rings is 1. The summed E-state index contributed by atoms with van der Waals surface area (Å²) in [7, 11) is 0. The first-order valence-corrected chi connectivity index (χ1v) is 4.79. The van der Waals surface area contributed by atoms with Crippen molar-refractivity contribution in [1.29, 1.82) is 0 Å². The Balaban J connectivity index is 3.23. The molecule has 96 valence electrons. The van der Waals surface area contributed by atoms with Crippen molar-refractivity contribution in [3.05, 3.63) is 44.0 Å². The maximum Gasteiger partial charge on any atom is 0.281 e. The van der Waals surface area contributed by atoms with Gasteiger partial charge in [0.2, 0.25) is 5.91 Å². The van der Waals surface area contributed by atoms with Crippen LogP contribution in [0.25, 0.3) is 0 Å². The molecule has 0 heterocycles. The topological polar surface area (TPSA) is 155 Å². The summed E-state index contributed by atoms with van der Waals surface area (Å²) in [6, 6.07) is 2.08. The molecule has 9 heteroatoms. The van der Waals surface area contributed by atoms with Gasteiger partial charge in [0.15, 0.2) is 0 Å². The highest BCUT2D eigenvalue weighted by molar-refractivity contribution is 5.75. The Kier molecular flexibility index (Phi) is 3.89. The summed E-state index contributed by atoms with van der Waals surface area (Å²) >= 11 is 0. The van der Waals surface area contributed by atoms with Crippen molar-refractivity contribution < 1.29 is 14.6 Å². The van der Waals surface area contributed by atoms with E-state index in [0.29, 0.717) is 0 Å². The molecule has 0 aliphatic heterocycles. The molecule has 0 aliphatic carbocycles. The summed E-state index contributed by atoms with van der Waals surface area (Å²) in [4.78, 5) is 30.5. The van der Waals surface area contributed by atoms with Gasteiger partial charge < -0.3 is 11.5 Å². The maximum atomic E-state index is 10.8. The van der Waals surface area contributed by atoms with Crippen molar-refractivity contribution in [3.63, 3.8) is 0 Å². The number of nitrogens with zero attached hydrogens (tertiary/aromatic N) is 2. The molecule has 0 bridgehead atoms. The van der Waals surface area contributed by atoms with Gasteiger partial charge in [-0.1, -0.05) is 0 Å². The third kappa shape index (κ3) is 2.98. The third-order valence-electron chi connectivity index (χ3n) is 2.24. The second kappa shape index (κ2) is 5.19. The van der Waals surface area contributed by atoms with Crippen LogP contribution in [-0.4, -0.2) is 15.8 Å². The summed E-state index contributed by atoms with van der Waals surface area (Å²) in [5, 5.41) is 21.3. The maximum absolute atomic E-state index is 10.8. The Morgan fingerprint density at radius 2 is 1.89 bits per heavy atom. The van der Waals surface area contributed by atoms with Crippen LogP contribution in [0.15, 0.2) is 18.2 Å². The fourth-order valence-electron chi connectivity index (χ4n) is 1.44. The van der Waals surface area contributed by atoms with Crippen LogP contribution in [0.3, 0.4) is 0 Å². The monoisotopic (exact) mass is 254 g/mol. The van der Waals surface area contributed by atoms with E-state index in [4.69, 9.17) is 11.5 Å². The van der Waals surface area contributed by atoms with Gasteiger partial charge in [0.25, 0.3) is 11.4 Å². The Bertz CT molecular complexity index is 516. The summed E-state index contributed by atoms with van der Waals surface area (Å²) in [5.41, 5.74) is 9.63. The molecular formula is C9H10N4O5. The van der Waals surface area contributed by atoms with Gasteiger partial charge in [-0.25, -0.2) is 0 Å². The molecule has 4 N–H and O–H groups in total. The van der Waals surface area contributed by atoms with Crippen LogP contribution in [0.2, 0.25) is 0 Å². The number of nitro groups is 2. The van der Waals surface area contributed by atoms with Crippen molar-refractivity contribution in [2.75, 3.05) is 0 Å². The van der Waals surface area contributed by atoms with Gasteiger partial charge in [-0.2, -0.15) is 0 Å². The average molecular weight is 254 g/mol. The molecule has 0 aliphatic rings. The number of carbonyl (C=O) groups excluding carboxylic acids is 1. The fraction of sp³-hybridized carbons (Fsp3) is 0.222. The van der Waals surface area contributed by atoms with E-state index in [-0.39, 0.29) is 12.0 Å². The lowest BCUT2D eigenvalue weighted by Crippen LogP contribution is -2.21. The number of rotatable bonds is 5. The number of nitro benzene ring substituents is 2. The number of primary amides is 1. The van der Waals surface area contributed by atoms with E-state index in [1.54, 1.807) is 0 Å². The summed E-state index contributed by atoms with van der Waals surface area (Å²) < 4.78 is 0. The van der Waals surface area contributed by atoms with E-state index in [0.717, 1.165) is 18.2 Å². The summed E-state index contributed by atoms with van der Waals surface area (Å²) in [5.74, 6) is -0.713. The van der Waals surface area contributed by atoms with E-state index >= 15 is 0 Å². The van der Waals surface area contributed by atoms with Gasteiger partial charge in [0, 0.05) is 24.1 Å². The predicted molar refractivity (Wildman–Crippen MR) is 60.5 cm³/mol. The van der Waals surface area contributed by atoms with Crippen molar-refractivity contribution >= 4 is 17.3 Å². The third-order valence-corrected chi connectivity index (χ3v) is 2.24. The predicted octanol–water partition coefficient (Wildman–Crippen LogP) is 0.378. The molecule has 1 rings (SSSR count). The van der Waals surface area contributed by atoms with Gasteiger partial charge >= 0.3 is 0 Å². The molecule has 0 saturated heterocycles. The molecule has 0 fully saturated rings. The van der Waals surface area contributed by atoms with Crippen molar-refractivity contribution in [2.24, 2.45) is 11.5 Å². The first-order chi connectivity index (χ1) is 8.32. The number of hydrogen-bond donors (Lipinski definition) is 2. The molecule has 1 atom stereocenters. The van der Waals surface area contributed by atoms with Gasteiger partial charge in [-0.05, 0) is 6.07 Å². The van der Waals surface area contributed by atoms with Crippen LogP contribution < -0.4 is 11.5 Å². The molecule has 1 unspecified atom stereocenters. The van der Waals surface area contributed by atoms with Crippen LogP contribution in [0.1, 0.15) is 18.0 Å². The average Bonchev–Trinajstić information content (AvgIpc) is 2.26. The molecule has 18 heavy (non-hydrogen) atoms. The number of nitrogens with two attached hydrogens (primary N) is 2. The molecular weight excluding hydrogens is 244 g/mol. The summed E-state index contributed by atoms with van der Waals surface area (Å²) in [6.45, 7) is 0. The minimum atomic E-state index is -0.969. The molecule has 9 nitrogen and oxygen atoms in total. The fourth-order valence-corrected chi connectivity index (χ4v) is 1.44. The first-order valence-electron chi connectivity index (χ1n) is 4.79. The van der Waals surface area contributed by atoms with Crippen LogP contribution in [0.4, 0.5) is 11.4 Å². The molecule has 1 amide bonds. The van der Waals surface area contributed by atoms with E-state index in [2.05, 4.69) is 0 Å².